The highest BCUT2D eigenvalue weighted by atomic mass is 16.4. The first-order chi connectivity index (χ1) is 7.63. The lowest BCUT2D eigenvalue weighted by Gasteiger charge is -2.19. The first-order valence-corrected chi connectivity index (χ1v) is 6.86. The minimum absolute atomic E-state index is 0.122. The van der Waals surface area contributed by atoms with Gasteiger partial charge >= 0.3 is 5.97 Å². The molecule has 0 aliphatic heterocycles. The van der Waals surface area contributed by atoms with Crippen molar-refractivity contribution in [2.45, 2.75) is 72.1 Å². The Balaban J connectivity index is 3.91. The molecule has 0 rings (SSSR count). The summed E-state index contributed by atoms with van der Waals surface area (Å²) >= 11 is 0. The van der Waals surface area contributed by atoms with Crippen molar-refractivity contribution in [3.05, 3.63) is 0 Å². The highest BCUT2D eigenvalue weighted by molar-refractivity contribution is 5.70. The van der Waals surface area contributed by atoms with Gasteiger partial charge in [-0.15, -0.1) is 0 Å². The number of aliphatic carboxylic acids is 1. The Kier molecular flexibility index (Phi) is 9.36. The average Bonchev–Trinajstić information content (AvgIpc) is 2.25. The Labute approximate surface area is 100 Å². The molecule has 1 N–H and O–H groups in total. The molecular weight excluding hydrogens is 200 g/mol. The van der Waals surface area contributed by atoms with Crippen LogP contribution in [0.5, 0.6) is 0 Å². The van der Waals surface area contributed by atoms with Crippen LogP contribution >= 0.6 is 0 Å². The van der Waals surface area contributed by atoms with Crippen molar-refractivity contribution >= 4 is 5.97 Å². The quantitative estimate of drug-likeness (QED) is 0.560. The summed E-state index contributed by atoms with van der Waals surface area (Å²) in [6.07, 6.45) is 8.93. The molecule has 0 bridgehead atoms. The number of hydrogen-bond donors (Lipinski definition) is 1. The fourth-order valence-electron chi connectivity index (χ4n) is 2.17. The van der Waals surface area contributed by atoms with Gasteiger partial charge in [-0.25, -0.2) is 0 Å². The lowest BCUT2D eigenvalue weighted by molar-refractivity contribution is -0.143. The van der Waals surface area contributed by atoms with Crippen molar-refractivity contribution in [1.82, 2.24) is 0 Å². The van der Waals surface area contributed by atoms with E-state index in [1.807, 2.05) is 0 Å². The lowest BCUT2D eigenvalue weighted by Crippen LogP contribution is -2.21. The number of carbonyl (C=O) groups is 1. The Morgan fingerprint density at radius 3 is 2.12 bits per heavy atom. The van der Waals surface area contributed by atoms with Gasteiger partial charge in [0.25, 0.3) is 0 Å². The largest absolute Gasteiger partial charge is 0.481 e. The topological polar surface area (TPSA) is 37.3 Å². The van der Waals surface area contributed by atoms with Crippen LogP contribution in [0.15, 0.2) is 0 Å². The average molecular weight is 228 g/mol. The molecule has 2 nitrogen and oxygen atoms in total. The minimum Gasteiger partial charge on any atom is -0.481 e. The van der Waals surface area contributed by atoms with Crippen molar-refractivity contribution in [1.29, 1.82) is 0 Å². The molecule has 0 saturated carbocycles. The first kappa shape index (κ1) is 15.5. The molecular formula is C14H28O2. The molecule has 0 saturated heterocycles. The fraction of sp³-hybridized carbons (Fsp3) is 0.929. The van der Waals surface area contributed by atoms with E-state index in [1.165, 1.54) is 19.3 Å². The summed E-state index contributed by atoms with van der Waals surface area (Å²) in [5, 5.41) is 9.20. The third kappa shape index (κ3) is 6.86. The predicted molar refractivity (Wildman–Crippen MR) is 68.6 cm³/mol. The monoisotopic (exact) mass is 228 g/mol. The van der Waals surface area contributed by atoms with E-state index in [1.54, 1.807) is 0 Å². The van der Waals surface area contributed by atoms with Crippen LogP contribution in [0.2, 0.25) is 0 Å². The third-order valence-corrected chi connectivity index (χ3v) is 3.39. The Morgan fingerprint density at radius 2 is 1.62 bits per heavy atom. The summed E-state index contributed by atoms with van der Waals surface area (Å²) < 4.78 is 0. The van der Waals surface area contributed by atoms with Gasteiger partial charge in [0.05, 0.1) is 5.92 Å². The maximum Gasteiger partial charge on any atom is 0.306 e. The molecule has 0 radical (unpaired) electrons. The highest BCUT2D eigenvalue weighted by Gasteiger charge is 2.23. The second kappa shape index (κ2) is 9.68. The van der Waals surface area contributed by atoms with Gasteiger partial charge in [0, 0.05) is 0 Å². The molecule has 96 valence electrons. The van der Waals surface area contributed by atoms with Crippen LogP contribution in [0.1, 0.15) is 72.1 Å². The summed E-state index contributed by atoms with van der Waals surface area (Å²) in [5.41, 5.74) is 0. The maximum atomic E-state index is 11.2. The zero-order chi connectivity index (χ0) is 12.4. The smallest absolute Gasteiger partial charge is 0.306 e. The highest BCUT2D eigenvalue weighted by Crippen LogP contribution is 2.24. The molecule has 0 aromatic carbocycles. The summed E-state index contributed by atoms with van der Waals surface area (Å²) in [5.74, 6) is -0.386. The van der Waals surface area contributed by atoms with Crippen molar-refractivity contribution in [3.63, 3.8) is 0 Å². The molecule has 0 fully saturated rings. The number of carboxylic acids is 1. The maximum absolute atomic E-state index is 11.2. The zero-order valence-electron chi connectivity index (χ0n) is 11.2. The standard InChI is InChI=1S/C14H28O2/c1-4-6-8-9-11-13(14(15)16)12(3)10-7-5-2/h12-13H,4-11H2,1-3H3,(H,15,16). The Hall–Kier alpha value is -0.530. The van der Waals surface area contributed by atoms with E-state index in [0.717, 1.165) is 32.1 Å². The molecule has 0 amide bonds. The van der Waals surface area contributed by atoms with E-state index in [9.17, 15) is 9.90 Å². The molecule has 2 atom stereocenters. The first-order valence-electron chi connectivity index (χ1n) is 6.86. The normalized spacial score (nSPS) is 14.7. The second-order valence-electron chi connectivity index (χ2n) is 4.91. The molecule has 16 heavy (non-hydrogen) atoms. The van der Waals surface area contributed by atoms with E-state index < -0.39 is 5.97 Å². The van der Waals surface area contributed by atoms with E-state index in [4.69, 9.17) is 0 Å². The second-order valence-corrected chi connectivity index (χ2v) is 4.91. The number of rotatable bonds is 10. The van der Waals surface area contributed by atoms with Gasteiger partial charge in [-0.1, -0.05) is 59.3 Å². The molecule has 0 heterocycles. The van der Waals surface area contributed by atoms with Crippen molar-refractivity contribution in [2.75, 3.05) is 0 Å². The summed E-state index contributed by atoms with van der Waals surface area (Å²) in [6.45, 7) is 6.43. The van der Waals surface area contributed by atoms with Crippen molar-refractivity contribution in [2.24, 2.45) is 11.8 Å². The molecule has 2 heteroatoms. The van der Waals surface area contributed by atoms with Crippen molar-refractivity contribution < 1.29 is 9.90 Å². The van der Waals surface area contributed by atoms with Gasteiger partial charge in [-0.05, 0) is 18.8 Å². The summed E-state index contributed by atoms with van der Waals surface area (Å²) in [7, 11) is 0. The molecule has 2 unspecified atom stereocenters. The predicted octanol–water partition coefficient (Wildman–Crippen LogP) is 4.48. The Morgan fingerprint density at radius 1 is 1.00 bits per heavy atom. The van der Waals surface area contributed by atoms with Crippen LogP contribution in [0.25, 0.3) is 0 Å². The molecule has 0 aliphatic carbocycles. The minimum atomic E-state index is -0.597. The SMILES string of the molecule is CCCCCCC(C(=O)O)C(C)CCCC. The summed E-state index contributed by atoms with van der Waals surface area (Å²) in [6, 6.07) is 0. The molecule has 0 aromatic heterocycles. The number of carboxylic acid groups (broad SMARTS) is 1. The summed E-state index contributed by atoms with van der Waals surface area (Å²) in [4.78, 5) is 11.2. The van der Waals surface area contributed by atoms with Gasteiger partial charge in [0.1, 0.15) is 0 Å². The fourth-order valence-corrected chi connectivity index (χ4v) is 2.17. The van der Waals surface area contributed by atoms with Crippen molar-refractivity contribution in [3.8, 4) is 0 Å². The van der Waals surface area contributed by atoms with Gasteiger partial charge in [0.2, 0.25) is 0 Å². The zero-order valence-corrected chi connectivity index (χ0v) is 11.2. The van der Waals surface area contributed by atoms with E-state index in [0.29, 0.717) is 5.92 Å². The van der Waals surface area contributed by atoms with Gasteiger partial charge in [0.15, 0.2) is 0 Å². The van der Waals surface area contributed by atoms with E-state index in [-0.39, 0.29) is 5.92 Å². The van der Waals surface area contributed by atoms with Crippen LogP contribution in [0.3, 0.4) is 0 Å². The lowest BCUT2D eigenvalue weighted by atomic mass is 9.85. The third-order valence-electron chi connectivity index (χ3n) is 3.39. The van der Waals surface area contributed by atoms with Crippen LogP contribution in [0, 0.1) is 11.8 Å². The molecule has 0 spiro atoms. The number of hydrogen-bond acceptors (Lipinski definition) is 1. The molecule has 0 aliphatic rings. The van der Waals surface area contributed by atoms with Crippen LogP contribution in [-0.4, -0.2) is 11.1 Å². The van der Waals surface area contributed by atoms with Crippen LogP contribution in [0.4, 0.5) is 0 Å². The molecule has 0 aromatic rings. The van der Waals surface area contributed by atoms with Crippen LogP contribution < -0.4 is 0 Å². The van der Waals surface area contributed by atoms with E-state index in [2.05, 4.69) is 20.8 Å². The van der Waals surface area contributed by atoms with Crippen LogP contribution in [-0.2, 0) is 4.79 Å². The number of unbranched alkanes of at least 4 members (excludes halogenated alkanes) is 4. The van der Waals surface area contributed by atoms with Gasteiger partial charge < -0.3 is 5.11 Å². The van der Waals surface area contributed by atoms with E-state index >= 15 is 0 Å². The van der Waals surface area contributed by atoms with Gasteiger partial charge in [-0.2, -0.15) is 0 Å². The van der Waals surface area contributed by atoms with Gasteiger partial charge in [-0.3, -0.25) is 4.79 Å². The Bertz CT molecular complexity index is 178.